The predicted octanol–water partition coefficient (Wildman–Crippen LogP) is 3.24. The molecule has 1 aliphatic rings. The molecule has 2 aromatic rings. The molecule has 0 aliphatic carbocycles. The number of ether oxygens (including phenoxy) is 1. The summed E-state index contributed by atoms with van der Waals surface area (Å²) < 4.78 is 5.42. The van der Waals surface area contributed by atoms with Crippen molar-refractivity contribution in [3.05, 3.63) is 54.1 Å². The van der Waals surface area contributed by atoms with Crippen LogP contribution < -0.4 is 10.1 Å². The zero-order valence-electron chi connectivity index (χ0n) is 16.6. The maximum Gasteiger partial charge on any atom is 0.317 e. The van der Waals surface area contributed by atoms with Crippen molar-refractivity contribution in [2.24, 2.45) is 0 Å². The molecule has 3 amide bonds. The first kappa shape index (κ1) is 19.7. The van der Waals surface area contributed by atoms with E-state index in [-0.39, 0.29) is 18.0 Å². The van der Waals surface area contributed by atoms with E-state index in [2.05, 4.69) is 5.32 Å². The van der Waals surface area contributed by atoms with Gasteiger partial charge >= 0.3 is 6.03 Å². The molecule has 0 radical (unpaired) electrons. The predicted molar refractivity (Wildman–Crippen MR) is 110 cm³/mol. The highest BCUT2D eigenvalue weighted by Crippen LogP contribution is 2.29. The van der Waals surface area contributed by atoms with Gasteiger partial charge in [-0.25, -0.2) is 4.79 Å². The van der Waals surface area contributed by atoms with E-state index in [0.29, 0.717) is 18.7 Å². The third-order valence-corrected chi connectivity index (χ3v) is 5.07. The van der Waals surface area contributed by atoms with Crippen LogP contribution in [-0.2, 0) is 0 Å². The Morgan fingerprint density at radius 2 is 1.68 bits per heavy atom. The number of likely N-dealkylation sites (tertiary alicyclic amines) is 1. The number of benzene rings is 2. The molecule has 0 saturated carbocycles. The summed E-state index contributed by atoms with van der Waals surface area (Å²) in [6, 6.07) is 15.5. The molecule has 1 fully saturated rings. The fourth-order valence-corrected chi connectivity index (χ4v) is 3.39. The van der Waals surface area contributed by atoms with Crippen LogP contribution in [-0.4, -0.2) is 62.1 Å². The average molecular weight is 381 g/mol. The minimum absolute atomic E-state index is 0.0314. The maximum absolute atomic E-state index is 12.8. The lowest BCUT2D eigenvalue weighted by Crippen LogP contribution is -2.48. The van der Waals surface area contributed by atoms with Gasteiger partial charge in [-0.05, 0) is 36.6 Å². The van der Waals surface area contributed by atoms with Gasteiger partial charge in [0.2, 0.25) is 0 Å². The molecule has 0 unspecified atom stereocenters. The van der Waals surface area contributed by atoms with Gasteiger partial charge in [0.15, 0.2) is 0 Å². The van der Waals surface area contributed by atoms with Crippen molar-refractivity contribution in [1.82, 2.24) is 15.1 Å². The highest BCUT2D eigenvalue weighted by atomic mass is 16.5. The van der Waals surface area contributed by atoms with Crippen LogP contribution in [0, 0.1) is 0 Å². The fraction of sp³-hybridized carbons (Fsp3) is 0.364. The van der Waals surface area contributed by atoms with Crippen LogP contribution in [0.2, 0.25) is 0 Å². The van der Waals surface area contributed by atoms with Crippen LogP contribution >= 0.6 is 0 Å². The monoisotopic (exact) mass is 381 g/mol. The highest BCUT2D eigenvalue weighted by molar-refractivity contribution is 5.95. The summed E-state index contributed by atoms with van der Waals surface area (Å²) >= 11 is 0. The van der Waals surface area contributed by atoms with Gasteiger partial charge in [0.25, 0.3) is 5.91 Å². The Morgan fingerprint density at radius 3 is 2.29 bits per heavy atom. The third-order valence-electron chi connectivity index (χ3n) is 5.07. The summed E-state index contributed by atoms with van der Waals surface area (Å²) in [6.45, 7) is 1.29. The Balaban J connectivity index is 1.62. The molecule has 28 heavy (non-hydrogen) atoms. The average Bonchev–Trinajstić information content (AvgIpc) is 2.73. The van der Waals surface area contributed by atoms with E-state index in [4.69, 9.17) is 4.74 Å². The van der Waals surface area contributed by atoms with Gasteiger partial charge < -0.3 is 19.9 Å². The van der Waals surface area contributed by atoms with Crippen LogP contribution in [0.15, 0.2) is 48.5 Å². The summed E-state index contributed by atoms with van der Waals surface area (Å²) in [5, 5.41) is 2.99. The Morgan fingerprint density at radius 1 is 1.04 bits per heavy atom. The number of piperidine rings is 1. The second kappa shape index (κ2) is 8.78. The second-order valence-corrected chi connectivity index (χ2v) is 7.19. The van der Waals surface area contributed by atoms with Crippen molar-refractivity contribution >= 4 is 11.9 Å². The largest absolute Gasteiger partial charge is 0.496 e. The molecule has 3 rings (SSSR count). The molecule has 0 bridgehead atoms. The number of hydrogen-bond donors (Lipinski definition) is 1. The number of carbonyl (C=O) groups is 2. The molecule has 1 N–H and O–H groups in total. The molecule has 0 atom stereocenters. The van der Waals surface area contributed by atoms with E-state index >= 15 is 0 Å². The third kappa shape index (κ3) is 4.44. The minimum Gasteiger partial charge on any atom is -0.496 e. The molecule has 1 saturated heterocycles. The van der Waals surface area contributed by atoms with Crippen molar-refractivity contribution in [2.75, 3.05) is 34.3 Å². The lowest BCUT2D eigenvalue weighted by Gasteiger charge is -2.33. The van der Waals surface area contributed by atoms with Crippen molar-refractivity contribution in [3.63, 3.8) is 0 Å². The fourth-order valence-electron chi connectivity index (χ4n) is 3.39. The summed E-state index contributed by atoms with van der Waals surface area (Å²) in [7, 11) is 5.10. The van der Waals surface area contributed by atoms with Crippen molar-refractivity contribution in [1.29, 1.82) is 0 Å². The number of nitrogens with one attached hydrogen (secondary N) is 1. The molecular weight excluding hydrogens is 354 g/mol. The molecular formula is C22H27N3O3. The van der Waals surface area contributed by atoms with Crippen LogP contribution in [0.3, 0.4) is 0 Å². The van der Waals surface area contributed by atoms with Crippen LogP contribution in [0.1, 0.15) is 23.2 Å². The van der Waals surface area contributed by atoms with E-state index < -0.39 is 0 Å². The van der Waals surface area contributed by atoms with Crippen LogP contribution in [0.25, 0.3) is 11.1 Å². The molecule has 0 aromatic heterocycles. The molecule has 2 aromatic carbocycles. The topological polar surface area (TPSA) is 61.9 Å². The Kier molecular flexibility index (Phi) is 6.19. The smallest absolute Gasteiger partial charge is 0.317 e. The maximum atomic E-state index is 12.8. The Labute approximate surface area is 166 Å². The lowest BCUT2D eigenvalue weighted by atomic mass is 10.0. The quantitative estimate of drug-likeness (QED) is 0.884. The number of urea groups is 1. The van der Waals surface area contributed by atoms with Gasteiger partial charge in [0.05, 0.1) is 7.11 Å². The summed E-state index contributed by atoms with van der Waals surface area (Å²) in [4.78, 5) is 28.0. The Bertz CT molecular complexity index is 825. The summed E-state index contributed by atoms with van der Waals surface area (Å²) in [5.74, 6) is 0.840. The van der Waals surface area contributed by atoms with Gasteiger partial charge in [0, 0.05) is 44.4 Å². The van der Waals surface area contributed by atoms with Crippen molar-refractivity contribution in [3.8, 4) is 16.9 Å². The van der Waals surface area contributed by atoms with Gasteiger partial charge in [-0.2, -0.15) is 0 Å². The van der Waals surface area contributed by atoms with Gasteiger partial charge in [0.1, 0.15) is 5.75 Å². The number of carbonyl (C=O) groups excluding carboxylic acids is 2. The van der Waals surface area contributed by atoms with Gasteiger partial charge in [-0.3, -0.25) is 4.79 Å². The van der Waals surface area contributed by atoms with E-state index in [1.54, 1.807) is 21.2 Å². The molecule has 6 heteroatoms. The second-order valence-electron chi connectivity index (χ2n) is 7.19. The standard InChI is InChI=1S/C22H27N3O3/c1-24(2)22(27)23-18-12-14-25(15-13-18)21(26)17-10-8-16(9-11-17)19-6-4-5-7-20(19)28-3/h4-11,18H,12-15H2,1-3H3,(H,23,27). The van der Waals surface area contributed by atoms with Gasteiger partial charge in [-0.15, -0.1) is 0 Å². The molecule has 1 aliphatic heterocycles. The molecule has 0 spiro atoms. The highest BCUT2D eigenvalue weighted by Gasteiger charge is 2.25. The van der Waals surface area contributed by atoms with Gasteiger partial charge in [-0.1, -0.05) is 30.3 Å². The number of methoxy groups -OCH3 is 1. The van der Waals surface area contributed by atoms with Crippen LogP contribution in [0.5, 0.6) is 5.75 Å². The van der Waals surface area contributed by atoms with E-state index in [0.717, 1.165) is 29.7 Å². The molecule has 6 nitrogen and oxygen atoms in total. The number of rotatable bonds is 4. The summed E-state index contributed by atoms with van der Waals surface area (Å²) in [5.41, 5.74) is 2.69. The lowest BCUT2D eigenvalue weighted by molar-refractivity contribution is 0.0707. The Hall–Kier alpha value is -3.02. The SMILES string of the molecule is COc1ccccc1-c1ccc(C(=O)N2CCC(NC(=O)N(C)C)CC2)cc1. The number of hydrogen-bond acceptors (Lipinski definition) is 3. The first-order chi connectivity index (χ1) is 13.5. The van der Waals surface area contributed by atoms with E-state index in [9.17, 15) is 9.59 Å². The van der Waals surface area contributed by atoms with E-state index in [1.165, 1.54) is 4.90 Å². The molecule has 1 heterocycles. The summed E-state index contributed by atoms with van der Waals surface area (Å²) in [6.07, 6.45) is 1.54. The normalized spacial score (nSPS) is 14.5. The first-order valence-corrected chi connectivity index (χ1v) is 9.50. The van der Waals surface area contributed by atoms with Crippen molar-refractivity contribution in [2.45, 2.75) is 18.9 Å². The number of amides is 3. The minimum atomic E-state index is -0.0864. The number of nitrogens with zero attached hydrogens (tertiary/aromatic N) is 2. The zero-order valence-corrected chi connectivity index (χ0v) is 16.6. The zero-order chi connectivity index (χ0) is 20.1. The first-order valence-electron chi connectivity index (χ1n) is 9.50. The van der Waals surface area contributed by atoms with Crippen LogP contribution in [0.4, 0.5) is 4.79 Å². The molecule has 148 valence electrons. The number of para-hydroxylation sites is 1. The van der Waals surface area contributed by atoms with Crippen molar-refractivity contribution < 1.29 is 14.3 Å². The van der Waals surface area contributed by atoms with E-state index in [1.807, 2.05) is 53.4 Å².